The van der Waals surface area contributed by atoms with Gasteiger partial charge in [0, 0.05) is 0 Å². The van der Waals surface area contributed by atoms with E-state index < -0.39 is 0 Å². The van der Waals surface area contributed by atoms with Gasteiger partial charge in [0.2, 0.25) is 0 Å². The Bertz CT molecular complexity index is 1260. The van der Waals surface area contributed by atoms with E-state index >= 15 is 0 Å². The summed E-state index contributed by atoms with van der Waals surface area (Å²) in [5.74, 6) is -0.0102. The quantitative estimate of drug-likeness (QED) is 0.166. The molecule has 4 aromatic rings. The molecule has 1 N–H and O–H groups in total. The summed E-state index contributed by atoms with van der Waals surface area (Å²) in [4.78, 5) is 4.49. The molecule has 0 saturated carbocycles. The predicted molar refractivity (Wildman–Crippen MR) is 122 cm³/mol. The van der Waals surface area contributed by atoms with Crippen molar-refractivity contribution in [1.29, 1.82) is 5.26 Å². The first-order valence-corrected chi connectivity index (χ1v) is 11.5. The van der Waals surface area contributed by atoms with Crippen molar-refractivity contribution in [2.75, 3.05) is 0 Å². The molecule has 0 saturated heterocycles. The number of thiazole rings is 1. The summed E-state index contributed by atoms with van der Waals surface area (Å²) in [6.07, 6.45) is 0. The number of hydrogen-bond acceptors (Lipinski definition) is 8. The van der Waals surface area contributed by atoms with Gasteiger partial charge in [-0.1, -0.05) is 53.4 Å². The molecular weight excluding hydrogens is 441 g/mol. The average Bonchev–Trinajstić information content (AvgIpc) is 3.32. The lowest BCUT2D eigenvalue weighted by molar-refractivity contribution is 0.402. The van der Waals surface area contributed by atoms with Crippen LogP contribution in [0, 0.1) is 15.3 Å². The van der Waals surface area contributed by atoms with E-state index in [1.165, 1.54) is 34.4 Å². The van der Waals surface area contributed by atoms with Crippen molar-refractivity contribution in [1.82, 2.24) is 14.8 Å². The molecule has 0 aliphatic carbocycles. The van der Waals surface area contributed by atoms with Gasteiger partial charge in [-0.25, -0.2) is 9.67 Å². The topological polar surface area (TPSA) is 74.7 Å². The molecule has 0 bridgehead atoms. The van der Waals surface area contributed by atoms with Crippen molar-refractivity contribution >= 4 is 62.4 Å². The van der Waals surface area contributed by atoms with E-state index in [1.54, 1.807) is 4.68 Å². The Morgan fingerprint density at radius 3 is 2.62 bits per heavy atom. The van der Waals surface area contributed by atoms with Crippen molar-refractivity contribution in [3.05, 3.63) is 69.3 Å². The number of thioether (sulfide) groups is 1. The van der Waals surface area contributed by atoms with Crippen LogP contribution in [0.1, 0.15) is 11.9 Å². The zero-order valence-corrected chi connectivity index (χ0v) is 18.4. The number of para-hydroxylation sites is 2. The van der Waals surface area contributed by atoms with Crippen LogP contribution < -0.4 is 0 Å². The van der Waals surface area contributed by atoms with Crippen LogP contribution >= 0.6 is 46.7 Å². The summed E-state index contributed by atoms with van der Waals surface area (Å²) in [5.41, 5.74) is 1.89. The van der Waals surface area contributed by atoms with Gasteiger partial charge in [0.1, 0.15) is 22.4 Å². The number of allylic oxidation sites excluding steroid dienone is 1. The lowest BCUT2D eigenvalue weighted by Gasteiger charge is -2.09. The molecule has 2 aromatic heterocycles. The fourth-order valence-electron chi connectivity index (χ4n) is 2.64. The van der Waals surface area contributed by atoms with Crippen LogP contribution in [0.4, 0.5) is 0 Å². The largest absolute Gasteiger partial charge is 0.510 e. The van der Waals surface area contributed by atoms with Crippen LogP contribution in [0.5, 0.6) is 0 Å². The summed E-state index contributed by atoms with van der Waals surface area (Å²) in [6, 6.07) is 19.4. The Labute approximate surface area is 184 Å². The third-order valence-electron chi connectivity index (χ3n) is 4.07. The third-order valence-corrected chi connectivity index (χ3v) is 7.55. The Kier molecular flexibility index (Phi) is 5.78. The van der Waals surface area contributed by atoms with E-state index in [9.17, 15) is 10.4 Å². The van der Waals surface area contributed by atoms with Gasteiger partial charge in [-0.15, -0.1) is 16.4 Å². The second-order valence-electron chi connectivity index (χ2n) is 6.00. The van der Waals surface area contributed by atoms with Crippen molar-refractivity contribution in [3.63, 3.8) is 0 Å². The highest BCUT2D eigenvalue weighted by Crippen LogP contribution is 2.34. The Morgan fingerprint density at radius 1 is 1.17 bits per heavy atom. The van der Waals surface area contributed by atoms with Crippen LogP contribution in [0.25, 0.3) is 21.5 Å². The number of nitrogens with zero attached hydrogens (tertiary/aromatic N) is 4. The van der Waals surface area contributed by atoms with Gasteiger partial charge in [0.05, 0.1) is 21.2 Å². The molecule has 144 valence electrons. The zero-order valence-electron chi connectivity index (χ0n) is 15.1. The molecule has 5 nitrogen and oxygen atoms in total. The lowest BCUT2D eigenvalue weighted by atomic mass is 10.2. The fourth-order valence-corrected chi connectivity index (χ4v) is 6.18. The van der Waals surface area contributed by atoms with E-state index in [0.29, 0.717) is 8.96 Å². The smallest absolute Gasteiger partial charge is 0.184 e. The molecule has 2 heterocycles. The van der Waals surface area contributed by atoms with Gasteiger partial charge in [0.15, 0.2) is 8.29 Å². The molecule has 0 radical (unpaired) electrons. The van der Waals surface area contributed by atoms with Gasteiger partial charge in [-0.3, -0.25) is 0 Å². The highest BCUT2D eigenvalue weighted by molar-refractivity contribution is 8.01. The number of benzene rings is 2. The number of aliphatic hydroxyl groups excluding tert-OH is 1. The molecule has 1 atom stereocenters. The fraction of sp³-hybridized carbons (Fsp3) is 0.100. The summed E-state index contributed by atoms with van der Waals surface area (Å²) in [6.45, 7) is 1.84. The van der Waals surface area contributed by atoms with Gasteiger partial charge in [0.25, 0.3) is 0 Å². The maximum atomic E-state index is 10.8. The van der Waals surface area contributed by atoms with Crippen molar-refractivity contribution in [2.45, 2.75) is 16.5 Å². The molecule has 0 aliphatic heterocycles. The zero-order chi connectivity index (χ0) is 20.4. The van der Waals surface area contributed by atoms with Gasteiger partial charge < -0.3 is 5.11 Å². The maximum Gasteiger partial charge on any atom is 0.184 e. The second-order valence-corrected chi connectivity index (χ2v) is 10.2. The minimum Gasteiger partial charge on any atom is -0.510 e. The van der Waals surface area contributed by atoms with Crippen LogP contribution in [0.3, 0.4) is 0 Å². The number of hydrogen-bond donors (Lipinski definition) is 1. The minimum atomic E-state index is -0.374. The minimum absolute atomic E-state index is 0.0102. The van der Waals surface area contributed by atoms with Crippen LogP contribution in [-0.2, 0) is 0 Å². The maximum absolute atomic E-state index is 10.8. The first-order valence-electron chi connectivity index (χ1n) is 8.58. The summed E-state index contributed by atoms with van der Waals surface area (Å²) < 4.78 is 4.03. The van der Waals surface area contributed by atoms with E-state index in [0.717, 1.165) is 20.2 Å². The third kappa shape index (κ3) is 4.11. The van der Waals surface area contributed by atoms with E-state index in [4.69, 9.17) is 12.2 Å². The molecule has 4 rings (SSSR count). The highest BCUT2D eigenvalue weighted by Gasteiger charge is 2.21. The van der Waals surface area contributed by atoms with Gasteiger partial charge in [-0.2, -0.15) is 5.26 Å². The van der Waals surface area contributed by atoms with Gasteiger partial charge in [-0.05, 0) is 43.4 Å². The normalized spacial score (nSPS) is 13.1. The molecule has 0 amide bonds. The molecular formula is C20H14N4OS4. The first kappa shape index (κ1) is 19.8. The molecule has 9 heteroatoms. The number of aliphatic hydroxyl groups is 1. The number of aromatic nitrogens is 3. The van der Waals surface area contributed by atoms with E-state index in [1.807, 2.05) is 61.5 Å². The Balaban J connectivity index is 1.62. The first-order chi connectivity index (χ1) is 14.1. The van der Waals surface area contributed by atoms with E-state index in [2.05, 4.69) is 16.2 Å². The predicted octanol–water partition coefficient (Wildman–Crippen LogP) is 6.25. The summed E-state index contributed by atoms with van der Waals surface area (Å²) in [7, 11) is 0. The number of fused-ring (bicyclic) bond motifs is 1. The molecule has 0 fully saturated rings. The average molecular weight is 455 g/mol. The standard InChI is InChI=1S/C20H14N4OS4/c1-12(27-19-23-24(20(26)29-19)13-7-3-2-4-8-13)17(25)14(11-21)18-22-15-9-5-6-10-16(15)28-18/h2-10,12,25H,1H3/b17-14-. The van der Waals surface area contributed by atoms with Crippen LogP contribution in [-0.4, -0.2) is 25.1 Å². The Morgan fingerprint density at radius 2 is 1.90 bits per heavy atom. The monoisotopic (exact) mass is 454 g/mol. The van der Waals surface area contributed by atoms with Crippen LogP contribution in [0.15, 0.2) is 64.7 Å². The van der Waals surface area contributed by atoms with Gasteiger partial charge >= 0.3 is 0 Å². The second kappa shape index (κ2) is 8.47. The summed E-state index contributed by atoms with van der Waals surface area (Å²) in [5, 5.41) is 25.1. The van der Waals surface area contributed by atoms with Crippen LogP contribution in [0.2, 0.25) is 0 Å². The molecule has 0 aliphatic rings. The SMILES string of the molecule is CC(Sc1nn(-c2ccccc2)c(=S)s1)/C(O)=C(\C#N)c1nc2ccccc2s1. The number of rotatable bonds is 5. The lowest BCUT2D eigenvalue weighted by Crippen LogP contribution is -2.04. The molecule has 2 aromatic carbocycles. The Hall–Kier alpha value is -2.51. The highest BCUT2D eigenvalue weighted by atomic mass is 32.2. The summed E-state index contributed by atoms with van der Waals surface area (Å²) >= 11 is 9.56. The number of nitriles is 1. The molecule has 0 spiro atoms. The van der Waals surface area contributed by atoms with Crippen molar-refractivity contribution in [2.24, 2.45) is 0 Å². The van der Waals surface area contributed by atoms with E-state index in [-0.39, 0.29) is 16.6 Å². The van der Waals surface area contributed by atoms with Crippen molar-refractivity contribution < 1.29 is 5.11 Å². The van der Waals surface area contributed by atoms with Crippen molar-refractivity contribution in [3.8, 4) is 11.8 Å². The molecule has 29 heavy (non-hydrogen) atoms. The molecule has 1 unspecified atom stereocenters.